The molecule has 0 aliphatic heterocycles. The van der Waals surface area contributed by atoms with Crippen molar-refractivity contribution in [3.05, 3.63) is 0 Å². The fraction of sp³-hybridized carbons (Fsp3) is 0.951. The fourth-order valence-corrected chi connectivity index (χ4v) is 14.2. The van der Waals surface area contributed by atoms with Gasteiger partial charge in [0.2, 0.25) is 0 Å². The van der Waals surface area contributed by atoms with E-state index in [0.29, 0.717) is 25.7 Å². The number of hydrogen-bond acceptors (Lipinski definition) is 15. The maximum absolute atomic E-state index is 13.1. The second kappa shape index (κ2) is 75.3. The molecular formula is C81H158O17P2. The van der Waals surface area contributed by atoms with Gasteiger partial charge in [0.15, 0.2) is 12.2 Å². The monoisotopic (exact) mass is 1470 g/mol. The molecule has 0 aliphatic rings. The quantitative estimate of drug-likeness (QED) is 0.0222. The number of ether oxygens (including phenoxy) is 4. The lowest BCUT2D eigenvalue weighted by Crippen LogP contribution is -2.30. The Bertz CT molecular complexity index is 1890. The van der Waals surface area contributed by atoms with Gasteiger partial charge < -0.3 is 33.8 Å². The first kappa shape index (κ1) is 98.1. The van der Waals surface area contributed by atoms with Crippen LogP contribution in [-0.4, -0.2) is 96.7 Å². The number of unbranched alkanes of at least 4 members (excludes halogenated alkanes) is 56. The van der Waals surface area contributed by atoms with E-state index in [9.17, 15) is 43.2 Å². The first-order valence-corrected chi connectivity index (χ1v) is 45.3. The van der Waals surface area contributed by atoms with E-state index in [-0.39, 0.29) is 25.7 Å². The summed E-state index contributed by atoms with van der Waals surface area (Å²) in [5.41, 5.74) is 0. The summed E-state index contributed by atoms with van der Waals surface area (Å²) < 4.78 is 68.5. The molecule has 0 rings (SSSR count). The maximum atomic E-state index is 13.1. The largest absolute Gasteiger partial charge is 0.472 e. The number of phosphoric acid groups is 2. The SMILES string of the molecule is CCCCCCCCCCCCCCCCCCCCCCCC(=O)O[C@H](COC(=O)CCCCCCCCCCCCCCCCCCC)COP(=O)(O)OC[C@@H](O)COP(=O)(O)OC[C@@H](COC(=O)CCCCCCC)OC(=O)CCCCCCCCCCCCCCCCCCC. The lowest BCUT2D eigenvalue weighted by Gasteiger charge is -2.21. The molecule has 0 radical (unpaired) electrons. The van der Waals surface area contributed by atoms with Gasteiger partial charge in [0, 0.05) is 25.7 Å². The van der Waals surface area contributed by atoms with Gasteiger partial charge in [-0.3, -0.25) is 37.3 Å². The molecule has 0 bridgehead atoms. The van der Waals surface area contributed by atoms with Crippen LogP contribution >= 0.6 is 15.6 Å². The molecule has 0 aromatic rings. The number of aliphatic hydroxyl groups excluding tert-OH is 1. The van der Waals surface area contributed by atoms with Crippen LogP contribution in [0.25, 0.3) is 0 Å². The van der Waals surface area contributed by atoms with Crippen molar-refractivity contribution in [1.29, 1.82) is 0 Å². The average molecular weight is 1470 g/mol. The first-order valence-electron chi connectivity index (χ1n) is 42.3. The average Bonchev–Trinajstić information content (AvgIpc) is 0.916. The van der Waals surface area contributed by atoms with Crippen LogP contribution in [0.4, 0.5) is 0 Å². The van der Waals surface area contributed by atoms with E-state index in [1.54, 1.807) is 0 Å². The number of carbonyl (C=O) groups is 4. The van der Waals surface area contributed by atoms with Crippen LogP contribution in [0.5, 0.6) is 0 Å². The van der Waals surface area contributed by atoms with E-state index in [1.807, 2.05) is 0 Å². The van der Waals surface area contributed by atoms with Crippen molar-refractivity contribution in [1.82, 2.24) is 0 Å². The van der Waals surface area contributed by atoms with E-state index in [4.69, 9.17) is 37.0 Å². The van der Waals surface area contributed by atoms with Crippen LogP contribution in [0.3, 0.4) is 0 Å². The van der Waals surface area contributed by atoms with Crippen molar-refractivity contribution in [2.45, 2.75) is 457 Å². The summed E-state index contributed by atoms with van der Waals surface area (Å²) >= 11 is 0. The molecule has 100 heavy (non-hydrogen) atoms. The minimum atomic E-state index is -4.96. The van der Waals surface area contributed by atoms with Crippen LogP contribution in [0, 0.1) is 0 Å². The number of esters is 4. The molecule has 0 spiro atoms. The Morgan fingerprint density at radius 2 is 0.400 bits per heavy atom. The summed E-state index contributed by atoms with van der Waals surface area (Å²) in [6.45, 7) is 4.94. The van der Waals surface area contributed by atoms with Crippen LogP contribution < -0.4 is 0 Å². The molecule has 0 aliphatic carbocycles. The minimum Gasteiger partial charge on any atom is -0.462 e. The molecule has 5 atom stereocenters. The van der Waals surface area contributed by atoms with E-state index in [1.165, 1.54) is 263 Å². The lowest BCUT2D eigenvalue weighted by molar-refractivity contribution is -0.161. The van der Waals surface area contributed by atoms with Gasteiger partial charge in [0.25, 0.3) is 0 Å². The van der Waals surface area contributed by atoms with Crippen molar-refractivity contribution >= 4 is 39.5 Å². The Labute approximate surface area is 613 Å². The van der Waals surface area contributed by atoms with Crippen molar-refractivity contribution < 1.29 is 80.2 Å². The zero-order valence-corrected chi connectivity index (χ0v) is 67.0. The van der Waals surface area contributed by atoms with Gasteiger partial charge in [-0.15, -0.1) is 0 Å². The number of hydrogen-bond donors (Lipinski definition) is 3. The second-order valence-corrected chi connectivity index (χ2v) is 32.1. The van der Waals surface area contributed by atoms with Crippen LogP contribution in [0.15, 0.2) is 0 Å². The molecule has 19 heteroatoms. The molecule has 0 amide bonds. The molecule has 2 unspecified atom stereocenters. The van der Waals surface area contributed by atoms with Gasteiger partial charge in [-0.25, -0.2) is 9.13 Å². The van der Waals surface area contributed by atoms with E-state index in [0.717, 1.165) is 96.3 Å². The highest BCUT2D eigenvalue weighted by atomic mass is 31.2. The Kier molecular flexibility index (Phi) is 73.8. The third kappa shape index (κ3) is 74.3. The standard InChI is InChI=1S/C81H158O17P2/c1-5-9-13-17-20-23-26-29-32-35-36-37-38-41-44-47-50-53-56-60-64-68-81(86)98-77(72-92-79(84)66-62-58-54-51-48-45-42-39-33-30-27-24-21-18-14-10-6-2)74-96-100(89,90)94-70-75(82)69-93-99(87,88)95-73-76(71-91-78(83)65-61-57-16-12-8-4)97-80(85)67-63-59-55-52-49-46-43-40-34-31-28-25-22-19-15-11-7-3/h75-77,82H,5-74H2,1-4H3,(H,87,88)(H,89,90)/t75-,76+,77+/m0/s1. The Hall–Kier alpha value is -1.94. The normalized spacial score (nSPS) is 13.8. The van der Waals surface area contributed by atoms with Gasteiger partial charge in [-0.1, -0.05) is 387 Å². The van der Waals surface area contributed by atoms with Crippen molar-refractivity contribution in [2.24, 2.45) is 0 Å². The molecular weight excluding hydrogens is 1310 g/mol. The Morgan fingerprint density at radius 1 is 0.240 bits per heavy atom. The molecule has 0 saturated heterocycles. The molecule has 0 saturated carbocycles. The van der Waals surface area contributed by atoms with Gasteiger partial charge in [0.05, 0.1) is 26.4 Å². The summed E-state index contributed by atoms with van der Waals surface area (Å²) in [6, 6.07) is 0. The number of rotatable bonds is 82. The summed E-state index contributed by atoms with van der Waals surface area (Å²) in [5.74, 6) is -2.12. The first-order chi connectivity index (χ1) is 48.7. The zero-order chi connectivity index (χ0) is 73.2. The predicted molar refractivity (Wildman–Crippen MR) is 409 cm³/mol. The van der Waals surface area contributed by atoms with Crippen molar-refractivity contribution in [3.63, 3.8) is 0 Å². The lowest BCUT2D eigenvalue weighted by atomic mass is 10.0. The molecule has 594 valence electrons. The zero-order valence-electron chi connectivity index (χ0n) is 65.2. The summed E-state index contributed by atoms with van der Waals surface area (Å²) in [6.07, 6.45) is 68.5. The predicted octanol–water partition coefficient (Wildman–Crippen LogP) is 24.6. The third-order valence-electron chi connectivity index (χ3n) is 19.1. The smallest absolute Gasteiger partial charge is 0.462 e. The van der Waals surface area contributed by atoms with E-state index >= 15 is 0 Å². The summed E-state index contributed by atoms with van der Waals surface area (Å²) in [4.78, 5) is 72.7. The van der Waals surface area contributed by atoms with Gasteiger partial charge in [-0.2, -0.15) is 0 Å². The molecule has 3 N–H and O–H groups in total. The summed E-state index contributed by atoms with van der Waals surface area (Å²) in [5, 5.41) is 10.6. The molecule has 0 aromatic carbocycles. The molecule has 17 nitrogen and oxygen atoms in total. The number of phosphoric ester groups is 2. The highest BCUT2D eigenvalue weighted by Crippen LogP contribution is 2.45. The Balaban J connectivity index is 5.10. The highest BCUT2D eigenvalue weighted by molar-refractivity contribution is 7.47. The van der Waals surface area contributed by atoms with Crippen molar-refractivity contribution in [3.8, 4) is 0 Å². The van der Waals surface area contributed by atoms with Gasteiger partial charge in [-0.05, 0) is 25.7 Å². The van der Waals surface area contributed by atoms with Gasteiger partial charge in [0.1, 0.15) is 19.3 Å². The maximum Gasteiger partial charge on any atom is 0.472 e. The number of carbonyl (C=O) groups excluding carboxylic acids is 4. The Morgan fingerprint density at radius 3 is 0.590 bits per heavy atom. The second-order valence-electron chi connectivity index (χ2n) is 29.2. The third-order valence-corrected chi connectivity index (χ3v) is 21.0. The van der Waals surface area contributed by atoms with Gasteiger partial charge >= 0.3 is 39.5 Å². The molecule has 0 fully saturated rings. The van der Waals surface area contributed by atoms with Crippen LogP contribution in [0.1, 0.15) is 439 Å². The van der Waals surface area contributed by atoms with E-state index < -0.39 is 97.5 Å². The molecule has 0 heterocycles. The summed E-state index contributed by atoms with van der Waals surface area (Å²) in [7, 11) is -9.91. The van der Waals surface area contributed by atoms with Crippen molar-refractivity contribution in [2.75, 3.05) is 39.6 Å². The highest BCUT2D eigenvalue weighted by Gasteiger charge is 2.30. The topological polar surface area (TPSA) is 237 Å². The van der Waals surface area contributed by atoms with E-state index in [2.05, 4.69) is 27.7 Å². The molecule has 0 aromatic heterocycles. The number of aliphatic hydroxyl groups is 1. The minimum absolute atomic E-state index is 0.108. The fourth-order valence-electron chi connectivity index (χ4n) is 12.6. The van der Waals surface area contributed by atoms with Crippen LogP contribution in [0.2, 0.25) is 0 Å². The van der Waals surface area contributed by atoms with Crippen LogP contribution in [-0.2, 0) is 65.4 Å².